The molecule has 1 rings (SSSR count). The number of esters is 1. The molecule has 0 radical (unpaired) electrons. The number of benzene rings is 1. The number of para-hydroxylation sites is 1. The standard InChI is InChI=1S/C14H21NO3/c1-10(15)9-17-12-8-6-5-7-11(12)13(16)18-14(2,3)4/h5-8,10H,9,15H2,1-4H3. The fourth-order valence-corrected chi connectivity index (χ4v) is 1.32. The van der Waals surface area contributed by atoms with Gasteiger partial charge in [-0.2, -0.15) is 0 Å². The lowest BCUT2D eigenvalue weighted by molar-refractivity contribution is 0.00656. The quantitative estimate of drug-likeness (QED) is 0.834. The second-order valence-corrected chi connectivity index (χ2v) is 5.29. The molecule has 0 amide bonds. The average molecular weight is 251 g/mol. The molecular weight excluding hydrogens is 230 g/mol. The molecule has 0 heterocycles. The molecule has 100 valence electrons. The maximum Gasteiger partial charge on any atom is 0.342 e. The zero-order valence-corrected chi connectivity index (χ0v) is 11.4. The molecule has 18 heavy (non-hydrogen) atoms. The van der Waals surface area contributed by atoms with Gasteiger partial charge in [0.05, 0.1) is 0 Å². The highest BCUT2D eigenvalue weighted by Crippen LogP contribution is 2.21. The van der Waals surface area contributed by atoms with Gasteiger partial charge in [-0.05, 0) is 39.8 Å². The van der Waals surface area contributed by atoms with Gasteiger partial charge in [-0.3, -0.25) is 0 Å². The Hall–Kier alpha value is -1.55. The minimum absolute atomic E-state index is 0.0864. The molecule has 0 fully saturated rings. The molecule has 1 aromatic carbocycles. The van der Waals surface area contributed by atoms with Gasteiger partial charge in [-0.1, -0.05) is 12.1 Å². The van der Waals surface area contributed by atoms with Crippen LogP contribution in [0.2, 0.25) is 0 Å². The van der Waals surface area contributed by atoms with E-state index in [-0.39, 0.29) is 12.0 Å². The maximum absolute atomic E-state index is 12.0. The van der Waals surface area contributed by atoms with E-state index in [0.29, 0.717) is 17.9 Å². The van der Waals surface area contributed by atoms with Crippen molar-refractivity contribution in [3.63, 3.8) is 0 Å². The van der Waals surface area contributed by atoms with Crippen molar-refractivity contribution in [1.29, 1.82) is 0 Å². The SMILES string of the molecule is CC(N)COc1ccccc1C(=O)OC(C)(C)C. The second-order valence-electron chi connectivity index (χ2n) is 5.29. The monoisotopic (exact) mass is 251 g/mol. The predicted octanol–water partition coefficient (Wildman–Crippen LogP) is 2.37. The molecule has 1 atom stereocenters. The van der Waals surface area contributed by atoms with E-state index < -0.39 is 5.60 Å². The molecule has 0 aliphatic rings. The molecule has 0 spiro atoms. The van der Waals surface area contributed by atoms with Crippen molar-refractivity contribution in [3.05, 3.63) is 29.8 Å². The second kappa shape index (κ2) is 5.87. The summed E-state index contributed by atoms with van der Waals surface area (Å²) < 4.78 is 10.8. The smallest absolute Gasteiger partial charge is 0.342 e. The van der Waals surface area contributed by atoms with E-state index in [0.717, 1.165) is 0 Å². The summed E-state index contributed by atoms with van der Waals surface area (Å²) in [4.78, 5) is 12.0. The van der Waals surface area contributed by atoms with Gasteiger partial charge in [0, 0.05) is 6.04 Å². The van der Waals surface area contributed by atoms with E-state index >= 15 is 0 Å². The lowest BCUT2D eigenvalue weighted by Crippen LogP contribution is -2.26. The molecule has 0 aliphatic carbocycles. The summed E-state index contributed by atoms with van der Waals surface area (Å²) in [7, 11) is 0. The van der Waals surface area contributed by atoms with Gasteiger partial charge in [-0.25, -0.2) is 4.79 Å². The van der Waals surface area contributed by atoms with Gasteiger partial charge >= 0.3 is 5.97 Å². The highest BCUT2D eigenvalue weighted by Gasteiger charge is 2.20. The van der Waals surface area contributed by atoms with Crippen molar-refractivity contribution in [3.8, 4) is 5.75 Å². The highest BCUT2D eigenvalue weighted by molar-refractivity contribution is 5.92. The third-order valence-electron chi connectivity index (χ3n) is 2.01. The Bertz CT molecular complexity index is 408. The first-order valence-electron chi connectivity index (χ1n) is 6.00. The molecule has 0 saturated carbocycles. The van der Waals surface area contributed by atoms with Gasteiger partial charge in [0.15, 0.2) is 0 Å². The van der Waals surface area contributed by atoms with Crippen molar-refractivity contribution in [2.45, 2.75) is 39.3 Å². The summed E-state index contributed by atoms with van der Waals surface area (Å²) in [6.45, 7) is 7.69. The van der Waals surface area contributed by atoms with E-state index in [1.165, 1.54) is 0 Å². The molecule has 0 saturated heterocycles. The zero-order valence-electron chi connectivity index (χ0n) is 11.4. The van der Waals surface area contributed by atoms with Crippen LogP contribution < -0.4 is 10.5 Å². The van der Waals surface area contributed by atoms with Crippen LogP contribution in [0.1, 0.15) is 38.1 Å². The van der Waals surface area contributed by atoms with Crippen molar-refractivity contribution in [1.82, 2.24) is 0 Å². The van der Waals surface area contributed by atoms with E-state index in [2.05, 4.69) is 0 Å². The van der Waals surface area contributed by atoms with Crippen LogP contribution in [-0.2, 0) is 4.74 Å². The van der Waals surface area contributed by atoms with Gasteiger partial charge in [-0.15, -0.1) is 0 Å². The molecule has 0 aliphatic heterocycles. The average Bonchev–Trinajstić information content (AvgIpc) is 2.24. The third-order valence-corrected chi connectivity index (χ3v) is 2.01. The van der Waals surface area contributed by atoms with Crippen LogP contribution in [0.4, 0.5) is 0 Å². The topological polar surface area (TPSA) is 61.5 Å². The lowest BCUT2D eigenvalue weighted by Gasteiger charge is -2.20. The van der Waals surface area contributed by atoms with Gasteiger partial charge in [0.1, 0.15) is 23.5 Å². The summed E-state index contributed by atoms with van der Waals surface area (Å²) >= 11 is 0. The number of carbonyl (C=O) groups excluding carboxylic acids is 1. The Kier molecular flexibility index (Phi) is 4.73. The van der Waals surface area contributed by atoms with E-state index in [1.54, 1.807) is 18.2 Å². The molecule has 1 aromatic rings. The molecular formula is C14H21NO3. The summed E-state index contributed by atoms with van der Waals surface area (Å²) in [5, 5.41) is 0. The van der Waals surface area contributed by atoms with Crippen LogP contribution in [-0.4, -0.2) is 24.2 Å². The van der Waals surface area contributed by atoms with Crippen LogP contribution in [0, 0.1) is 0 Å². The molecule has 1 unspecified atom stereocenters. The number of rotatable bonds is 4. The number of hydrogen-bond donors (Lipinski definition) is 1. The van der Waals surface area contributed by atoms with Crippen molar-refractivity contribution >= 4 is 5.97 Å². The van der Waals surface area contributed by atoms with Gasteiger partial charge in [0.25, 0.3) is 0 Å². The molecule has 0 aromatic heterocycles. The van der Waals surface area contributed by atoms with E-state index in [9.17, 15) is 4.79 Å². The highest BCUT2D eigenvalue weighted by atomic mass is 16.6. The van der Waals surface area contributed by atoms with E-state index in [4.69, 9.17) is 15.2 Å². The normalized spacial score (nSPS) is 12.9. The van der Waals surface area contributed by atoms with Gasteiger partial charge < -0.3 is 15.2 Å². The number of hydrogen-bond acceptors (Lipinski definition) is 4. The number of carbonyl (C=O) groups is 1. The predicted molar refractivity (Wildman–Crippen MR) is 70.8 cm³/mol. The Morgan fingerprint density at radius 2 is 1.94 bits per heavy atom. The van der Waals surface area contributed by atoms with Crippen LogP contribution in [0.15, 0.2) is 24.3 Å². The molecule has 0 bridgehead atoms. The number of nitrogens with two attached hydrogens (primary N) is 1. The van der Waals surface area contributed by atoms with Gasteiger partial charge in [0.2, 0.25) is 0 Å². The minimum Gasteiger partial charge on any atom is -0.491 e. The first-order valence-corrected chi connectivity index (χ1v) is 6.00. The Morgan fingerprint density at radius 3 is 2.50 bits per heavy atom. The Labute approximate surface area is 108 Å². The van der Waals surface area contributed by atoms with Crippen LogP contribution in [0.25, 0.3) is 0 Å². The Morgan fingerprint density at radius 1 is 1.33 bits per heavy atom. The van der Waals surface area contributed by atoms with Crippen molar-refractivity contribution in [2.75, 3.05) is 6.61 Å². The molecule has 4 heteroatoms. The van der Waals surface area contributed by atoms with Crippen molar-refractivity contribution < 1.29 is 14.3 Å². The first kappa shape index (κ1) is 14.5. The largest absolute Gasteiger partial charge is 0.491 e. The van der Waals surface area contributed by atoms with Crippen LogP contribution >= 0.6 is 0 Å². The summed E-state index contributed by atoms with van der Waals surface area (Å²) in [5.74, 6) is 0.117. The van der Waals surface area contributed by atoms with Crippen LogP contribution in [0.5, 0.6) is 5.75 Å². The lowest BCUT2D eigenvalue weighted by atomic mass is 10.1. The summed E-state index contributed by atoms with van der Waals surface area (Å²) in [6.07, 6.45) is 0. The fourth-order valence-electron chi connectivity index (χ4n) is 1.32. The Balaban J connectivity index is 2.84. The minimum atomic E-state index is -0.522. The third kappa shape index (κ3) is 4.75. The number of ether oxygens (including phenoxy) is 2. The first-order chi connectivity index (χ1) is 8.29. The maximum atomic E-state index is 12.0. The summed E-state index contributed by atoms with van der Waals surface area (Å²) in [5.41, 5.74) is 5.53. The summed E-state index contributed by atoms with van der Waals surface area (Å²) in [6, 6.07) is 6.92. The fraction of sp³-hybridized carbons (Fsp3) is 0.500. The van der Waals surface area contributed by atoms with Crippen molar-refractivity contribution in [2.24, 2.45) is 5.73 Å². The molecule has 4 nitrogen and oxygen atoms in total. The van der Waals surface area contributed by atoms with Crippen LogP contribution in [0.3, 0.4) is 0 Å². The van der Waals surface area contributed by atoms with E-state index in [1.807, 2.05) is 33.8 Å². The molecule has 2 N–H and O–H groups in total. The zero-order chi connectivity index (χ0) is 13.8.